The molecule has 2 aromatic rings. The Hall–Kier alpha value is -0.980. The van der Waals surface area contributed by atoms with Crippen LogP contribution in [-0.2, 0) is 0 Å². The molecule has 0 saturated carbocycles. The minimum absolute atomic E-state index is 0.474. The highest BCUT2D eigenvalue weighted by Crippen LogP contribution is 2.29. The van der Waals surface area contributed by atoms with Crippen LogP contribution in [0.1, 0.15) is 23.6 Å². The Morgan fingerprint density at radius 2 is 2.25 bits per heavy atom. The molecule has 2 rings (SSSR count). The van der Waals surface area contributed by atoms with E-state index in [1.807, 2.05) is 13.0 Å². The Kier molecular flexibility index (Phi) is 3.52. The molecule has 1 N–H and O–H groups in total. The molecule has 0 aliphatic rings. The van der Waals surface area contributed by atoms with Gasteiger partial charge in [-0.05, 0) is 43.3 Å². The summed E-state index contributed by atoms with van der Waals surface area (Å²) in [6.45, 7) is 3.65. The zero-order valence-electron chi connectivity index (χ0n) is 8.91. The number of hydrogen-bond acceptors (Lipinski definition) is 6. The first-order chi connectivity index (χ1) is 7.65. The summed E-state index contributed by atoms with van der Waals surface area (Å²) in [5.41, 5.74) is 0.860. The van der Waals surface area contributed by atoms with Crippen molar-refractivity contribution in [3.63, 3.8) is 0 Å². The fraction of sp³-hybridized carbons (Fsp3) is 0.300. The van der Waals surface area contributed by atoms with Crippen molar-refractivity contribution in [1.82, 2.24) is 15.2 Å². The molecule has 84 valence electrons. The van der Waals surface area contributed by atoms with Crippen LogP contribution in [0.3, 0.4) is 0 Å². The van der Waals surface area contributed by atoms with Crippen LogP contribution in [0.4, 0.5) is 0 Å². The van der Waals surface area contributed by atoms with E-state index in [9.17, 15) is 5.11 Å². The third-order valence-electron chi connectivity index (χ3n) is 1.94. The van der Waals surface area contributed by atoms with E-state index in [4.69, 9.17) is 0 Å². The maximum atomic E-state index is 9.46. The van der Waals surface area contributed by atoms with Crippen molar-refractivity contribution in [2.24, 2.45) is 0 Å². The summed E-state index contributed by atoms with van der Waals surface area (Å²) in [5, 5.41) is 19.2. The fourth-order valence-electron chi connectivity index (χ4n) is 1.15. The molecule has 2 heterocycles. The second-order valence-corrected chi connectivity index (χ2v) is 5.74. The van der Waals surface area contributed by atoms with E-state index in [2.05, 4.69) is 15.2 Å². The largest absolute Gasteiger partial charge is 0.389 e. The van der Waals surface area contributed by atoms with Crippen molar-refractivity contribution in [1.29, 1.82) is 0 Å². The Balaban J connectivity index is 2.18. The minimum atomic E-state index is -0.474. The third kappa shape index (κ3) is 2.78. The first-order valence-electron chi connectivity index (χ1n) is 4.77. The van der Waals surface area contributed by atoms with Gasteiger partial charge in [-0.3, -0.25) is 0 Å². The highest BCUT2D eigenvalue weighted by atomic mass is 32.2. The summed E-state index contributed by atoms with van der Waals surface area (Å²) < 4.78 is 0.868. The van der Waals surface area contributed by atoms with Gasteiger partial charge >= 0.3 is 0 Å². The van der Waals surface area contributed by atoms with E-state index in [0.29, 0.717) is 0 Å². The topological polar surface area (TPSA) is 58.9 Å². The van der Waals surface area contributed by atoms with Crippen molar-refractivity contribution in [3.05, 3.63) is 28.9 Å². The van der Waals surface area contributed by atoms with Gasteiger partial charge in [0.05, 0.1) is 6.10 Å². The van der Waals surface area contributed by atoms with Gasteiger partial charge in [0.2, 0.25) is 0 Å². The molecule has 16 heavy (non-hydrogen) atoms. The number of aryl methyl sites for hydroxylation is 1. The Morgan fingerprint density at radius 1 is 1.44 bits per heavy atom. The smallest absolute Gasteiger partial charge is 0.180 e. The normalized spacial score (nSPS) is 12.7. The van der Waals surface area contributed by atoms with Crippen molar-refractivity contribution < 1.29 is 5.11 Å². The zero-order chi connectivity index (χ0) is 11.5. The molecule has 0 spiro atoms. The summed E-state index contributed by atoms with van der Waals surface area (Å²) >= 11 is 3.00. The fourth-order valence-corrected chi connectivity index (χ4v) is 2.92. The van der Waals surface area contributed by atoms with Crippen LogP contribution in [0.5, 0.6) is 0 Å². The molecule has 0 amide bonds. The van der Waals surface area contributed by atoms with Crippen molar-refractivity contribution in [3.8, 4) is 0 Å². The van der Waals surface area contributed by atoms with Gasteiger partial charge in [-0.15, -0.1) is 10.2 Å². The summed E-state index contributed by atoms with van der Waals surface area (Å²) in [6, 6.07) is 3.67. The van der Waals surface area contributed by atoms with E-state index in [0.717, 1.165) is 19.9 Å². The highest BCUT2D eigenvalue weighted by molar-refractivity contribution is 8.01. The summed E-state index contributed by atoms with van der Waals surface area (Å²) in [7, 11) is 0. The quantitative estimate of drug-likeness (QED) is 0.910. The van der Waals surface area contributed by atoms with Crippen LogP contribution in [0.2, 0.25) is 0 Å². The van der Waals surface area contributed by atoms with Crippen LogP contribution < -0.4 is 0 Å². The molecule has 0 bridgehead atoms. The van der Waals surface area contributed by atoms with E-state index < -0.39 is 6.10 Å². The molecule has 0 aliphatic carbocycles. The molecule has 0 aliphatic heterocycles. The van der Waals surface area contributed by atoms with Crippen LogP contribution in [-0.4, -0.2) is 20.3 Å². The number of aromatic nitrogens is 3. The van der Waals surface area contributed by atoms with Crippen molar-refractivity contribution in [2.75, 3.05) is 0 Å². The van der Waals surface area contributed by atoms with Crippen molar-refractivity contribution >= 4 is 23.1 Å². The Morgan fingerprint density at radius 3 is 2.88 bits per heavy atom. The van der Waals surface area contributed by atoms with Crippen LogP contribution >= 0.6 is 23.1 Å². The van der Waals surface area contributed by atoms with Gasteiger partial charge in [-0.25, -0.2) is 4.98 Å². The lowest BCUT2D eigenvalue weighted by atomic mass is 10.2. The Bertz CT molecular complexity index is 484. The zero-order valence-corrected chi connectivity index (χ0v) is 10.5. The molecule has 0 radical (unpaired) electrons. The number of pyridine rings is 1. The molecule has 1 atom stereocenters. The average molecular weight is 253 g/mol. The average Bonchev–Trinajstić information content (AvgIpc) is 2.64. The van der Waals surface area contributed by atoms with Gasteiger partial charge in [-0.1, -0.05) is 11.3 Å². The minimum Gasteiger partial charge on any atom is -0.389 e. The van der Waals surface area contributed by atoms with Crippen LogP contribution in [0.15, 0.2) is 27.7 Å². The first kappa shape index (κ1) is 11.5. The molecule has 2 aromatic heterocycles. The van der Waals surface area contributed by atoms with Crippen molar-refractivity contribution in [2.45, 2.75) is 29.3 Å². The van der Waals surface area contributed by atoms with E-state index in [-0.39, 0.29) is 0 Å². The summed E-state index contributed by atoms with van der Waals surface area (Å²) in [4.78, 5) is 4.22. The maximum absolute atomic E-state index is 9.46. The van der Waals surface area contributed by atoms with Gasteiger partial charge in [0, 0.05) is 6.20 Å². The molecule has 0 fully saturated rings. The number of hydrogen-bond donors (Lipinski definition) is 1. The van der Waals surface area contributed by atoms with Gasteiger partial charge < -0.3 is 5.11 Å². The highest BCUT2D eigenvalue weighted by Gasteiger charge is 2.07. The molecule has 0 saturated heterocycles. The number of rotatable bonds is 3. The standard InChI is InChI=1S/C10H11N3OS2/c1-6(14)8-3-4-11-9(5-8)16-10-13-12-7(2)15-10/h3-6,14H,1-2H3/t6-/m0/s1. The van der Waals surface area contributed by atoms with Gasteiger partial charge in [0.15, 0.2) is 4.34 Å². The van der Waals surface area contributed by atoms with Crippen LogP contribution in [0.25, 0.3) is 0 Å². The molecular formula is C10H11N3OS2. The maximum Gasteiger partial charge on any atom is 0.180 e. The van der Waals surface area contributed by atoms with E-state index >= 15 is 0 Å². The second kappa shape index (κ2) is 4.90. The molecule has 4 nitrogen and oxygen atoms in total. The lowest BCUT2D eigenvalue weighted by molar-refractivity contribution is 0.199. The third-order valence-corrected chi connectivity index (χ3v) is 3.76. The number of nitrogens with zero attached hydrogens (tertiary/aromatic N) is 3. The van der Waals surface area contributed by atoms with Gasteiger partial charge in [-0.2, -0.15) is 0 Å². The van der Waals surface area contributed by atoms with E-state index in [1.54, 1.807) is 19.2 Å². The summed E-state index contributed by atoms with van der Waals surface area (Å²) in [6.07, 6.45) is 1.22. The van der Waals surface area contributed by atoms with Gasteiger partial charge in [0.25, 0.3) is 0 Å². The van der Waals surface area contributed by atoms with E-state index in [1.165, 1.54) is 23.1 Å². The number of aliphatic hydroxyl groups is 1. The molecule has 0 unspecified atom stereocenters. The molecular weight excluding hydrogens is 242 g/mol. The SMILES string of the molecule is Cc1nnc(Sc2cc([C@H](C)O)ccn2)s1. The Labute approximate surface area is 102 Å². The monoisotopic (exact) mass is 253 g/mol. The first-order valence-corrected chi connectivity index (χ1v) is 6.40. The van der Waals surface area contributed by atoms with Gasteiger partial charge in [0.1, 0.15) is 10.0 Å². The predicted molar refractivity (Wildman–Crippen MR) is 63.6 cm³/mol. The number of aliphatic hydroxyl groups excluding tert-OH is 1. The molecule has 0 aromatic carbocycles. The molecule has 6 heteroatoms. The van der Waals surface area contributed by atoms with Crippen LogP contribution in [0, 0.1) is 6.92 Å². The predicted octanol–water partition coefficient (Wildman–Crippen LogP) is 2.45. The second-order valence-electron chi connectivity index (χ2n) is 3.29. The lowest BCUT2D eigenvalue weighted by Gasteiger charge is -2.04. The summed E-state index contributed by atoms with van der Waals surface area (Å²) in [5.74, 6) is 0. The lowest BCUT2D eigenvalue weighted by Crippen LogP contribution is -1.92.